The van der Waals surface area contributed by atoms with Crippen LogP contribution >= 0.6 is 12.4 Å². The van der Waals surface area contributed by atoms with Crippen molar-refractivity contribution in [1.82, 2.24) is 19.6 Å². The lowest BCUT2D eigenvalue weighted by Crippen LogP contribution is -2.42. The average Bonchev–Trinajstić information content (AvgIpc) is 3.29. The summed E-state index contributed by atoms with van der Waals surface area (Å²) in [6, 6.07) is 5.08. The van der Waals surface area contributed by atoms with E-state index < -0.39 is 16.0 Å². The molecule has 5 rings (SSSR count). The number of carboxylic acids is 1. The molecule has 1 saturated heterocycles. The first-order chi connectivity index (χ1) is 15.8. The Morgan fingerprint density at radius 2 is 2.00 bits per heavy atom. The first kappa shape index (κ1) is 24.7. The summed E-state index contributed by atoms with van der Waals surface area (Å²) in [5, 5.41) is 13.7. The maximum absolute atomic E-state index is 13.7. The van der Waals surface area contributed by atoms with E-state index in [2.05, 4.69) is 15.3 Å². The molecule has 9 nitrogen and oxygen atoms in total. The molecule has 3 heterocycles. The smallest absolute Gasteiger partial charge is 0.303 e. The number of benzene rings is 1. The van der Waals surface area contributed by atoms with Crippen molar-refractivity contribution in [3.63, 3.8) is 0 Å². The molecule has 2 fully saturated rings. The molecule has 1 atom stereocenters. The van der Waals surface area contributed by atoms with Crippen LogP contribution < -0.4 is 10.9 Å². The van der Waals surface area contributed by atoms with Crippen LogP contribution in [-0.2, 0) is 21.2 Å². The number of pyridine rings is 1. The van der Waals surface area contributed by atoms with Gasteiger partial charge in [-0.1, -0.05) is 0 Å². The Morgan fingerprint density at radius 3 is 2.68 bits per heavy atom. The van der Waals surface area contributed by atoms with Crippen LogP contribution in [0.1, 0.15) is 44.1 Å². The van der Waals surface area contributed by atoms with Crippen LogP contribution in [0.3, 0.4) is 0 Å². The number of carboxylic acid groups (broad SMARTS) is 1. The average molecular weight is 509 g/mol. The van der Waals surface area contributed by atoms with Crippen LogP contribution in [0.25, 0.3) is 21.8 Å². The molecule has 4 N–H and O–H groups in total. The zero-order chi connectivity index (χ0) is 23.2. The van der Waals surface area contributed by atoms with E-state index in [1.165, 1.54) is 0 Å². The maximum atomic E-state index is 13.7. The summed E-state index contributed by atoms with van der Waals surface area (Å²) < 4.78 is 29.0. The van der Waals surface area contributed by atoms with Crippen molar-refractivity contribution in [2.24, 2.45) is 0 Å². The lowest BCUT2D eigenvalue weighted by Gasteiger charge is -2.25. The number of aromatic nitrogens is 2. The van der Waals surface area contributed by atoms with Crippen LogP contribution in [-0.4, -0.2) is 58.9 Å². The van der Waals surface area contributed by atoms with E-state index in [4.69, 9.17) is 5.11 Å². The third-order valence-electron chi connectivity index (χ3n) is 6.66. The minimum Gasteiger partial charge on any atom is -0.481 e. The van der Waals surface area contributed by atoms with Crippen molar-refractivity contribution in [3.05, 3.63) is 40.3 Å². The van der Waals surface area contributed by atoms with Gasteiger partial charge in [-0.05, 0) is 68.8 Å². The van der Waals surface area contributed by atoms with Crippen LogP contribution in [0, 0.1) is 0 Å². The fraction of sp³-hybridized carbons (Fsp3) is 0.478. The standard InChI is InChI=1S/C23H28N4O5S.ClH/c28-20(29)5-1-3-14-12-25-22-21(14)18-11-17(8-9-19(18)26-23(22)30)33(31,32)27(16-6-7-16)13-15-4-2-10-24-15;/h8-9,11-12,15-16,24-25H,1-7,10,13H2,(H,26,30)(H,28,29);1H. The molecule has 11 heteroatoms. The Morgan fingerprint density at radius 1 is 1.21 bits per heavy atom. The minimum atomic E-state index is -3.71. The highest BCUT2D eigenvalue weighted by atomic mass is 35.5. The van der Waals surface area contributed by atoms with Crippen molar-refractivity contribution in [3.8, 4) is 0 Å². The molecule has 0 spiro atoms. The summed E-state index contributed by atoms with van der Waals surface area (Å²) in [5.74, 6) is -0.872. The lowest BCUT2D eigenvalue weighted by atomic mass is 10.0. The molecule has 1 saturated carbocycles. The number of halogens is 1. The van der Waals surface area contributed by atoms with Crippen LogP contribution in [0.15, 0.2) is 34.1 Å². The molecule has 2 aliphatic rings. The highest BCUT2D eigenvalue weighted by Crippen LogP contribution is 2.34. The van der Waals surface area contributed by atoms with Gasteiger partial charge < -0.3 is 20.4 Å². The Balaban J connectivity index is 0.00000274. The summed E-state index contributed by atoms with van der Waals surface area (Å²) >= 11 is 0. The summed E-state index contributed by atoms with van der Waals surface area (Å²) in [4.78, 5) is 29.5. The van der Waals surface area contributed by atoms with Gasteiger partial charge in [-0.15, -0.1) is 12.4 Å². The van der Waals surface area contributed by atoms with Gasteiger partial charge in [0.25, 0.3) is 5.56 Å². The first-order valence-corrected chi connectivity index (χ1v) is 12.9. The van der Waals surface area contributed by atoms with Gasteiger partial charge in [0.2, 0.25) is 10.0 Å². The largest absolute Gasteiger partial charge is 0.481 e. The number of aliphatic carboxylic acids is 1. The number of rotatable bonds is 9. The Kier molecular flexibility index (Phi) is 7.04. The molecule has 3 aromatic rings. The minimum absolute atomic E-state index is 0. The van der Waals surface area contributed by atoms with Gasteiger partial charge in [0, 0.05) is 47.5 Å². The highest BCUT2D eigenvalue weighted by Gasteiger charge is 2.39. The number of aromatic amines is 2. The molecule has 1 aromatic carbocycles. The quantitative estimate of drug-likeness (QED) is 0.351. The molecule has 1 unspecified atom stereocenters. The van der Waals surface area contributed by atoms with E-state index in [1.54, 1.807) is 28.7 Å². The Hall–Kier alpha value is -2.40. The third-order valence-corrected chi connectivity index (χ3v) is 8.57. The van der Waals surface area contributed by atoms with Crippen molar-refractivity contribution in [1.29, 1.82) is 0 Å². The molecule has 1 aliphatic carbocycles. The molecule has 2 aromatic heterocycles. The molecular formula is C23H29ClN4O5S. The number of hydrogen-bond donors (Lipinski definition) is 4. The number of nitrogens with one attached hydrogen (secondary N) is 3. The second-order valence-corrected chi connectivity index (χ2v) is 11.0. The number of carbonyl (C=O) groups is 1. The van der Waals surface area contributed by atoms with Gasteiger partial charge in [0.15, 0.2) is 0 Å². The van der Waals surface area contributed by atoms with Crippen LogP contribution in [0.4, 0.5) is 0 Å². The van der Waals surface area contributed by atoms with Gasteiger partial charge in [0.05, 0.1) is 4.90 Å². The molecule has 34 heavy (non-hydrogen) atoms. The predicted octanol–water partition coefficient (Wildman–Crippen LogP) is 2.74. The molecule has 0 radical (unpaired) electrons. The zero-order valence-corrected chi connectivity index (χ0v) is 20.3. The second-order valence-electron chi connectivity index (χ2n) is 9.07. The number of aryl methyl sites for hydroxylation is 1. The van der Waals surface area contributed by atoms with Crippen LogP contribution in [0.5, 0.6) is 0 Å². The molecule has 0 amide bonds. The van der Waals surface area contributed by atoms with Crippen molar-refractivity contribution in [2.45, 2.75) is 61.9 Å². The fourth-order valence-corrected chi connectivity index (χ4v) is 6.59. The van der Waals surface area contributed by atoms with Crippen molar-refractivity contribution < 1.29 is 18.3 Å². The van der Waals surface area contributed by atoms with Gasteiger partial charge in [-0.2, -0.15) is 4.31 Å². The Bertz CT molecular complexity index is 1370. The van der Waals surface area contributed by atoms with Crippen LogP contribution in [0.2, 0.25) is 0 Å². The fourth-order valence-electron chi connectivity index (χ4n) is 4.83. The first-order valence-electron chi connectivity index (χ1n) is 11.5. The van der Waals surface area contributed by atoms with Gasteiger partial charge >= 0.3 is 5.97 Å². The van der Waals surface area contributed by atoms with E-state index in [9.17, 15) is 18.0 Å². The zero-order valence-electron chi connectivity index (χ0n) is 18.7. The molecule has 1 aliphatic heterocycles. The number of H-pyrrole nitrogens is 2. The number of hydrogen-bond acceptors (Lipinski definition) is 5. The van der Waals surface area contributed by atoms with Crippen molar-refractivity contribution in [2.75, 3.05) is 13.1 Å². The monoisotopic (exact) mass is 508 g/mol. The summed E-state index contributed by atoms with van der Waals surface area (Å²) in [7, 11) is -3.71. The summed E-state index contributed by atoms with van der Waals surface area (Å²) in [5.41, 5.74) is 1.45. The van der Waals surface area contributed by atoms with E-state index in [1.807, 2.05) is 0 Å². The lowest BCUT2D eigenvalue weighted by molar-refractivity contribution is -0.137. The van der Waals surface area contributed by atoms with E-state index in [0.29, 0.717) is 41.2 Å². The van der Waals surface area contributed by atoms with Gasteiger partial charge in [0.1, 0.15) is 5.52 Å². The molecule has 0 bridgehead atoms. The normalized spacial score (nSPS) is 18.6. The highest BCUT2D eigenvalue weighted by molar-refractivity contribution is 7.89. The number of sulfonamides is 1. The van der Waals surface area contributed by atoms with Crippen molar-refractivity contribution >= 4 is 50.2 Å². The predicted molar refractivity (Wildman–Crippen MR) is 132 cm³/mol. The molecule has 184 valence electrons. The van der Waals surface area contributed by atoms with Gasteiger partial charge in [-0.3, -0.25) is 9.59 Å². The second kappa shape index (κ2) is 9.69. The third kappa shape index (κ3) is 4.72. The maximum Gasteiger partial charge on any atom is 0.303 e. The van der Waals surface area contributed by atoms with E-state index >= 15 is 0 Å². The topological polar surface area (TPSA) is 135 Å². The Labute approximate surface area is 203 Å². The molecular weight excluding hydrogens is 480 g/mol. The SMILES string of the molecule is Cl.O=C(O)CCCc1c[nH]c2c(=O)[nH]c3ccc(S(=O)(=O)N(CC4CCCN4)C4CC4)cc3c12. The summed E-state index contributed by atoms with van der Waals surface area (Å²) in [6.45, 7) is 1.39. The van der Waals surface area contributed by atoms with E-state index in [-0.39, 0.29) is 41.4 Å². The van der Waals surface area contributed by atoms with Gasteiger partial charge in [-0.25, -0.2) is 8.42 Å². The number of nitrogens with zero attached hydrogens (tertiary/aromatic N) is 1. The number of fused-ring (bicyclic) bond motifs is 3. The summed E-state index contributed by atoms with van der Waals surface area (Å²) in [6.07, 6.45) is 6.43. The van der Waals surface area contributed by atoms with E-state index in [0.717, 1.165) is 37.8 Å².